The number of hydrogen-bond donors (Lipinski definition) is 2. The van der Waals surface area contributed by atoms with Gasteiger partial charge in [0.1, 0.15) is 0 Å². The minimum Gasteiger partial charge on any atom is -0.481 e. The summed E-state index contributed by atoms with van der Waals surface area (Å²) in [5.41, 5.74) is -0.757. The lowest BCUT2D eigenvalue weighted by Crippen LogP contribution is -2.44. The van der Waals surface area contributed by atoms with Crippen LogP contribution in [-0.4, -0.2) is 29.3 Å². The third kappa shape index (κ3) is 8.97. The second kappa shape index (κ2) is 6.83. The molecule has 0 aliphatic carbocycles. The Labute approximate surface area is 99.4 Å². The van der Waals surface area contributed by atoms with Crippen LogP contribution in [0.15, 0.2) is 0 Å². The van der Waals surface area contributed by atoms with Crippen molar-refractivity contribution in [1.82, 2.24) is 5.32 Å². The van der Waals surface area contributed by atoms with Gasteiger partial charge in [-0.25, -0.2) is 0 Å². The van der Waals surface area contributed by atoms with E-state index in [1.54, 1.807) is 6.92 Å². The van der Waals surface area contributed by atoms with Crippen molar-refractivity contribution < 1.29 is 23.1 Å². The Bertz CT molecular complexity index is 243. The van der Waals surface area contributed by atoms with Crippen LogP contribution < -0.4 is 5.32 Å². The Morgan fingerprint density at radius 1 is 1.29 bits per heavy atom. The standard InChI is InChI=1S/C11H20F3NO2/c1-3-7-15-10(2,8-9(16)17)5-4-6-11(12,13)14/h15H,3-8H2,1-2H3,(H,16,17). The van der Waals surface area contributed by atoms with Crippen molar-refractivity contribution in [3.63, 3.8) is 0 Å². The van der Waals surface area contributed by atoms with Gasteiger partial charge in [0.2, 0.25) is 0 Å². The molecule has 0 heterocycles. The van der Waals surface area contributed by atoms with E-state index in [0.717, 1.165) is 6.42 Å². The van der Waals surface area contributed by atoms with Crippen molar-refractivity contribution >= 4 is 5.97 Å². The fraction of sp³-hybridized carbons (Fsp3) is 0.909. The van der Waals surface area contributed by atoms with Gasteiger partial charge in [-0.05, 0) is 32.7 Å². The lowest BCUT2D eigenvalue weighted by molar-refractivity contribution is -0.139. The Kier molecular flexibility index (Phi) is 6.52. The number of halogens is 3. The molecule has 0 saturated heterocycles. The molecule has 102 valence electrons. The molecular formula is C11H20F3NO2. The molecular weight excluding hydrogens is 235 g/mol. The first kappa shape index (κ1) is 16.2. The highest BCUT2D eigenvalue weighted by molar-refractivity contribution is 5.68. The normalized spacial score (nSPS) is 15.6. The van der Waals surface area contributed by atoms with Crippen LogP contribution in [0.25, 0.3) is 0 Å². The lowest BCUT2D eigenvalue weighted by Gasteiger charge is -2.29. The molecule has 0 aromatic carbocycles. The van der Waals surface area contributed by atoms with Crippen molar-refractivity contribution in [3.8, 4) is 0 Å². The van der Waals surface area contributed by atoms with Gasteiger partial charge in [-0.2, -0.15) is 13.2 Å². The van der Waals surface area contributed by atoms with Gasteiger partial charge in [0.15, 0.2) is 0 Å². The zero-order valence-electron chi connectivity index (χ0n) is 10.2. The van der Waals surface area contributed by atoms with Gasteiger partial charge in [0, 0.05) is 12.0 Å². The van der Waals surface area contributed by atoms with E-state index in [1.165, 1.54) is 0 Å². The molecule has 17 heavy (non-hydrogen) atoms. The second-order valence-corrected chi connectivity index (χ2v) is 4.53. The van der Waals surface area contributed by atoms with Crippen molar-refractivity contribution in [3.05, 3.63) is 0 Å². The maximum Gasteiger partial charge on any atom is 0.389 e. The molecule has 0 aromatic rings. The van der Waals surface area contributed by atoms with Gasteiger partial charge in [-0.3, -0.25) is 4.79 Å². The van der Waals surface area contributed by atoms with Gasteiger partial charge in [0.25, 0.3) is 0 Å². The topological polar surface area (TPSA) is 49.3 Å². The maximum atomic E-state index is 12.0. The van der Waals surface area contributed by atoms with Crippen molar-refractivity contribution in [2.75, 3.05) is 6.54 Å². The highest BCUT2D eigenvalue weighted by Crippen LogP contribution is 2.26. The fourth-order valence-corrected chi connectivity index (χ4v) is 1.68. The predicted octanol–water partition coefficient (Wildman–Crippen LogP) is 2.95. The zero-order valence-corrected chi connectivity index (χ0v) is 10.2. The van der Waals surface area contributed by atoms with E-state index in [4.69, 9.17) is 5.11 Å². The summed E-state index contributed by atoms with van der Waals surface area (Å²) in [6, 6.07) is 0. The molecule has 3 nitrogen and oxygen atoms in total. The number of carbonyl (C=O) groups is 1. The van der Waals surface area contributed by atoms with Crippen LogP contribution in [0.1, 0.15) is 46.0 Å². The van der Waals surface area contributed by atoms with Gasteiger partial charge in [-0.15, -0.1) is 0 Å². The molecule has 6 heteroatoms. The highest BCUT2D eigenvalue weighted by atomic mass is 19.4. The minimum absolute atomic E-state index is 0.0516. The Hall–Kier alpha value is -0.780. The molecule has 0 aliphatic rings. The number of nitrogens with one attached hydrogen (secondary N) is 1. The van der Waals surface area contributed by atoms with Crippen LogP contribution in [0.2, 0.25) is 0 Å². The molecule has 0 radical (unpaired) electrons. The van der Waals surface area contributed by atoms with Gasteiger partial charge in [-0.1, -0.05) is 6.92 Å². The Morgan fingerprint density at radius 2 is 1.88 bits per heavy atom. The predicted molar refractivity (Wildman–Crippen MR) is 58.9 cm³/mol. The lowest BCUT2D eigenvalue weighted by atomic mass is 9.91. The van der Waals surface area contributed by atoms with E-state index >= 15 is 0 Å². The van der Waals surface area contributed by atoms with Crippen molar-refractivity contribution in [1.29, 1.82) is 0 Å². The van der Waals surface area contributed by atoms with Crippen LogP contribution >= 0.6 is 0 Å². The molecule has 2 N–H and O–H groups in total. The first-order valence-corrected chi connectivity index (χ1v) is 5.72. The quantitative estimate of drug-likeness (QED) is 0.701. The van der Waals surface area contributed by atoms with E-state index in [0.29, 0.717) is 6.54 Å². The fourth-order valence-electron chi connectivity index (χ4n) is 1.68. The summed E-state index contributed by atoms with van der Waals surface area (Å²) >= 11 is 0. The van der Waals surface area contributed by atoms with Gasteiger partial charge >= 0.3 is 12.1 Å². The number of alkyl halides is 3. The minimum atomic E-state index is -4.17. The van der Waals surface area contributed by atoms with E-state index in [1.807, 2.05) is 6.92 Å². The van der Waals surface area contributed by atoms with Gasteiger partial charge in [0.05, 0.1) is 6.42 Å². The summed E-state index contributed by atoms with van der Waals surface area (Å²) in [5, 5.41) is 11.8. The molecule has 0 aromatic heterocycles. The molecule has 0 amide bonds. The van der Waals surface area contributed by atoms with Gasteiger partial charge < -0.3 is 10.4 Å². The molecule has 1 atom stereocenters. The van der Waals surface area contributed by atoms with Crippen LogP contribution in [0.4, 0.5) is 13.2 Å². The number of aliphatic carboxylic acids is 1. The summed E-state index contributed by atoms with van der Waals surface area (Å²) in [6.07, 6.45) is -4.23. The Balaban J connectivity index is 4.23. The molecule has 0 bridgehead atoms. The van der Waals surface area contributed by atoms with Crippen LogP contribution in [0.5, 0.6) is 0 Å². The summed E-state index contributed by atoms with van der Waals surface area (Å²) in [4.78, 5) is 10.7. The second-order valence-electron chi connectivity index (χ2n) is 4.53. The van der Waals surface area contributed by atoms with Crippen molar-refractivity contribution in [2.45, 2.75) is 57.7 Å². The summed E-state index contributed by atoms with van der Waals surface area (Å²) in [7, 11) is 0. The van der Waals surface area contributed by atoms with Crippen molar-refractivity contribution in [2.24, 2.45) is 0 Å². The number of hydrogen-bond acceptors (Lipinski definition) is 2. The Morgan fingerprint density at radius 3 is 2.29 bits per heavy atom. The van der Waals surface area contributed by atoms with E-state index < -0.39 is 24.1 Å². The summed E-state index contributed by atoms with van der Waals surface area (Å²) in [5.74, 6) is -0.997. The smallest absolute Gasteiger partial charge is 0.389 e. The van der Waals surface area contributed by atoms with E-state index in [-0.39, 0.29) is 19.3 Å². The maximum absolute atomic E-state index is 12.0. The molecule has 0 spiro atoms. The number of rotatable bonds is 8. The average Bonchev–Trinajstić information content (AvgIpc) is 2.11. The molecule has 1 unspecified atom stereocenters. The molecule has 0 rings (SSSR count). The number of carboxylic acids is 1. The third-order valence-electron chi connectivity index (χ3n) is 2.53. The molecule has 0 aliphatic heterocycles. The summed E-state index contributed by atoms with van der Waals surface area (Å²) < 4.78 is 36.0. The molecule has 0 fully saturated rings. The van der Waals surface area contributed by atoms with E-state index in [9.17, 15) is 18.0 Å². The highest BCUT2D eigenvalue weighted by Gasteiger charge is 2.31. The van der Waals surface area contributed by atoms with Crippen LogP contribution in [-0.2, 0) is 4.79 Å². The average molecular weight is 255 g/mol. The third-order valence-corrected chi connectivity index (χ3v) is 2.53. The zero-order chi connectivity index (χ0) is 13.5. The monoisotopic (exact) mass is 255 g/mol. The van der Waals surface area contributed by atoms with E-state index in [2.05, 4.69) is 5.32 Å². The first-order chi connectivity index (χ1) is 7.68. The largest absolute Gasteiger partial charge is 0.481 e. The first-order valence-electron chi connectivity index (χ1n) is 5.72. The summed E-state index contributed by atoms with van der Waals surface area (Å²) in [6.45, 7) is 4.19. The van der Waals surface area contributed by atoms with Crippen LogP contribution in [0.3, 0.4) is 0 Å². The molecule has 0 saturated carbocycles. The number of carboxylic acid groups (broad SMARTS) is 1. The SMILES string of the molecule is CCCNC(C)(CCCC(F)(F)F)CC(=O)O. The van der Waals surface area contributed by atoms with Crippen LogP contribution in [0, 0.1) is 0 Å².